The molecule has 0 saturated heterocycles. The maximum Gasteiger partial charge on any atom is 0.411 e. The monoisotopic (exact) mass is 908 g/mol. The average Bonchev–Trinajstić information content (AvgIpc) is 3.27. The second-order valence-electron chi connectivity index (χ2n) is 14.5. The fourth-order valence-corrected chi connectivity index (χ4v) is 7.67. The fourth-order valence-electron chi connectivity index (χ4n) is 7.04. The van der Waals surface area contributed by atoms with E-state index in [1.165, 1.54) is 67.8 Å². The number of aryl methyl sites for hydroxylation is 1. The molecule has 330 valence electrons. The Morgan fingerprint density at radius 3 is 1.49 bits per heavy atom. The third kappa shape index (κ3) is 9.54. The molecule has 65 heavy (non-hydrogen) atoms. The average molecular weight is 909 g/mol. The van der Waals surface area contributed by atoms with Crippen molar-refractivity contribution in [2.24, 2.45) is 0 Å². The zero-order chi connectivity index (χ0) is 46.7. The molecule has 0 bridgehead atoms. The topological polar surface area (TPSA) is 108 Å². The number of carbonyl (C=O) groups is 1. The van der Waals surface area contributed by atoms with Gasteiger partial charge in [0.2, 0.25) is 5.41 Å². The van der Waals surface area contributed by atoms with Crippen molar-refractivity contribution in [1.82, 2.24) is 0 Å². The summed E-state index contributed by atoms with van der Waals surface area (Å²) >= 11 is 0. The third-order valence-electron chi connectivity index (χ3n) is 10.3. The van der Waals surface area contributed by atoms with Gasteiger partial charge in [-0.1, -0.05) is 53.9 Å². The van der Waals surface area contributed by atoms with E-state index in [0.29, 0.717) is 29.0 Å². The van der Waals surface area contributed by atoms with Crippen LogP contribution in [0, 0.1) is 19.3 Å². The second kappa shape index (κ2) is 17.9. The van der Waals surface area contributed by atoms with Crippen LogP contribution in [0.15, 0.2) is 163 Å². The Kier molecular flexibility index (Phi) is 12.5. The van der Waals surface area contributed by atoms with Crippen molar-refractivity contribution in [3.63, 3.8) is 0 Å². The summed E-state index contributed by atoms with van der Waals surface area (Å²) in [6.45, 7) is 1.91. The molecule has 0 aliphatic heterocycles. The van der Waals surface area contributed by atoms with Gasteiger partial charge in [0.25, 0.3) is 10.1 Å². The molecule has 8 nitrogen and oxygen atoms in total. The van der Waals surface area contributed by atoms with Crippen LogP contribution >= 0.6 is 0 Å². The number of methoxy groups -OCH3 is 1. The van der Waals surface area contributed by atoms with Crippen molar-refractivity contribution in [1.29, 1.82) is 0 Å². The summed E-state index contributed by atoms with van der Waals surface area (Å²) in [5.41, 5.74) is -2.92. The van der Waals surface area contributed by atoms with Gasteiger partial charge in [0.15, 0.2) is 5.78 Å². The maximum absolute atomic E-state index is 14.5. The van der Waals surface area contributed by atoms with E-state index in [1.807, 2.05) is 31.2 Å². The number of benzene rings is 7. The van der Waals surface area contributed by atoms with Crippen molar-refractivity contribution >= 4 is 15.9 Å². The molecule has 0 saturated carbocycles. The summed E-state index contributed by atoms with van der Waals surface area (Å²) in [5.74, 6) is 2.66. The number of halogens is 6. The smallest absolute Gasteiger partial charge is 0.411 e. The first kappa shape index (κ1) is 45.5. The first-order valence-corrected chi connectivity index (χ1v) is 20.7. The fraction of sp³-hybridized carbons (Fsp3) is 0.100. The van der Waals surface area contributed by atoms with Gasteiger partial charge in [-0.15, -0.1) is 6.42 Å². The molecular weight excluding hydrogens is 875 g/mol. The van der Waals surface area contributed by atoms with Gasteiger partial charge in [-0.2, -0.15) is 34.8 Å². The largest absolute Gasteiger partial charge is 0.497 e. The minimum atomic E-state index is -5.78. The summed E-state index contributed by atoms with van der Waals surface area (Å²) in [4.78, 5) is 12.8. The lowest BCUT2D eigenvalue weighted by Crippen LogP contribution is -2.54. The highest BCUT2D eigenvalue weighted by molar-refractivity contribution is 7.86. The molecule has 7 aromatic rings. The van der Waals surface area contributed by atoms with E-state index in [9.17, 15) is 44.1 Å². The molecule has 7 aromatic carbocycles. The lowest BCUT2D eigenvalue weighted by Gasteiger charge is -2.38. The molecule has 0 spiro atoms. The molecule has 0 aliphatic carbocycles. The number of ketones is 1. The van der Waals surface area contributed by atoms with Crippen LogP contribution in [0.4, 0.5) is 26.3 Å². The van der Waals surface area contributed by atoms with Gasteiger partial charge < -0.3 is 18.9 Å². The number of carbonyl (C=O) groups excluding carboxylic acids is 1. The van der Waals surface area contributed by atoms with Crippen LogP contribution in [-0.4, -0.2) is 38.2 Å². The van der Waals surface area contributed by atoms with Crippen molar-refractivity contribution in [2.75, 3.05) is 7.11 Å². The Hall–Kier alpha value is -7.54. The van der Waals surface area contributed by atoms with Gasteiger partial charge in [-0.3, -0.25) is 9.35 Å². The molecule has 0 heterocycles. The minimum Gasteiger partial charge on any atom is -0.497 e. The molecule has 0 aliphatic rings. The molecule has 15 heteroatoms. The van der Waals surface area contributed by atoms with E-state index < -0.39 is 49.7 Å². The molecule has 7 rings (SSSR count). The molecule has 0 aromatic heterocycles. The Bertz CT molecular complexity index is 2980. The van der Waals surface area contributed by atoms with Gasteiger partial charge in [0.1, 0.15) is 45.1 Å². The second-order valence-corrected chi connectivity index (χ2v) is 15.9. The van der Waals surface area contributed by atoms with Crippen LogP contribution in [0.3, 0.4) is 0 Å². The van der Waals surface area contributed by atoms with E-state index in [1.54, 1.807) is 18.2 Å². The van der Waals surface area contributed by atoms with Gasteiger partial charge in [-0.25, -0.2) is 0 Å². The van der Waals surface area contributed by atoms with Crippen molar-refractivity contribution in [3.8, 4) is 63.7 Å². The van der Waals surface area contributed by atoms with E-state index >= 15 is 0 Å². The van der Waals surface area contributed by atoms with E-state index in [-0.39, 0.29) is 45.6 Å². The highest BCUT2D eigenvalue weighted by Crippen LogP contribution is 2.56. The Labute approximate surface area is 369 Å². The van der Waals surface area contributed by atoms with E-state index in [2.05, 4.69) is 5.92 Å². The Morgan fingerprint density at radius 2 is 1.02 bits per heavy atom. The first-order chi connectivity index (χ1) is 30.8. The highest BCUT2D eigenvalue weighted by atomic mass is 32.2. The summed E-state index contributed by atoms with van der Waals surface area (Å²) in [6.07, 6.45) is -6.06. The predicted octanol–water partition coefficient (Wildman–Crippen LogP) is 12.9. The van der Waals surface area contributed by atoms with Gasteiger partial charge >= 0.3 is 12.4 Å². The minimum absolute atomic E-state index is 0.0701. The number of rotatable bonds is 13. The third-order valence-corrected chi connectivity index (χ3v) is 11.2. The van der Waals surface area contributed by atoms with Gasteiger partial charge in [0.05, 0.1) is 7.11 Å². The summed E-state index contributed by atoms with van der Waals surface area (Å²) < 4.78 is 145. The van der Waals surface area contributed by atoms with Crippen molar-refractivity contribution in [3.05, 3.63) is 191 Å². The quantitative estimate of drug-likeness (QED) is 0.0527. The van der Waals surface area contributed by atoms with Gasteiger partial charge in [0, 0.05) is 28.3 Å². The normalized spacial score (nSPS) is 11.9. The molecular formula is C50H34F6O8S. The molecule has 1 N–H and O–H groups in total. The van der Waals surface area contributed by atoms with Crippen LogP contribution in [0.2, 0.25) is 0 Å². The van der Waals surface area contributed by atoms with Crippen LogP contribution in [0.1, 0.15) is 38.2 Å². The zero-order valence-electron chi connectivity index (χ0n) is 34.1. The van der Waals surface area contributed by atoms with Crippen molar-refractivity contribution in [2.45, 2.75) is 29.6 Å². The number of ether oxygens (including phenoxy) is 4. The van der Waals surface area contributed by atoms with Crippen molar-refractivity contribution < 1.29 is 63.1 Å². The molecule has 0 atom stereocenters. The number of hydrogen-bond acceptors (Lipinski definition) is 7. The van der Waals surface area contributed by atoms with E-state index in [4.69, 9.17) is 25.4 Å². The van der Waals surface area contributed by atoms with Crippen LogP contribution < -0.4 is 18.9 Å². The molecule has 0 amide bonds. The molecule has 0 fully saturated rings. The summed E-state index contributed by atoms with van der Waals surface area (Å²) in [7, 11) is -3.60. The van der Waals surface area contributed by atoms with Crippen LogP contribution in [-0.2, 0) is 15.5 Å². The molecule has 0 radical (unpaired) electrons. The van der Waals surface area contributed by atoms with Crippen LogP contribution in [0.5, 0.6) is 40.2 Å². The highest BCUT2D eigenvalue weighted by Gasteiger charge is 2.72. The zero-order valence-corrected chi connectivity index (χ0v) is 34.9. The standard InChI is InChI=1S/C50H34F6O8S/c1-4-32-6-8-33(9-7-32)43-29-31(2)5-27-44(43)64-42-26-28-45(46(30-42)65(58,59)60)63-41-20-12-35(13-21-41)47(57)34-10-18-39(19-11-34)62-40-24-16-37(17-25-40)48(49(51,52)53,50(54,55)56)36-14-22-38(61-3)23-15-36/h1,5-30H,2-3H3,(H,58,59,60). The number of terminal acetylenes is 1. The first-order valence-electron chi connectivity index (χ1n) is 19.3. The summed E-state index contributed by atoms with van der Waals surface area (Å²) in [5, 5.41) is 0. The van der Waals surface area contributed by atoms with Gasteiger partial charge in [-0.05, 0) is 133 Å². The van der Waals surface area contributed by atoms with E-state index in [0.717, 1.165) is 53.6 Å². The SMILES string of the molecule is C#Cc1ccc(-c2cc(C)ccc2Oc2ccc(Oc3ccc(C(=O)c4ccc(Oc5ccc(C(c6ccc(OC)cc6)(C(F)(F)F)C(F)(F)F)cc5)cc4)cc3)c(S(=O)(=O)O)c2)cc1. The number of alkyl halides is 6. The number of hydrogen-bond donors (Lipinski definition) is 1. The lowest BCUT2D eigenvalue weighted by atomic mass is 9.73. The Balaban J connectivity index is 1.04. The maximum atomic E-state index is 14.5. The Morgan fingerprint density at radius 1 is 0.569 bits per heavy atom. The predicted molar refractivity (Wildman–Crippen MR) is 230 cm³/mol. The summed E-state index contributed by atoms with van der Waals surface area (Å²) in [6, 6.07) is 34.7. The van der Waals surface area contributed by atoms with Crippen LogP contribution in [0.25, 0.3) is 11.1 Å². The molecule has 0 unspecified atom stereocenters. The lowest BCUT2D eigenvalue weighted by molar-refractivity contribution is -0.288.